The standard InChI is InChI=1S/C11H11Br2N3O/c1-11(2,14)10-15-9(17-16-10)7-5-6(12)3-4-8(7)13/h3-5H,14H2,1-2H3. The summed E-state index contributed by atoms with van der Waals surface area (Å²) >= 11 is 6.85. The molecule has 0 aliphatic carbocycles. The lowest BCUT2D eigenvalue weighted by molar-refractivity contribution is 0.397. The Morgan fingerprint density at radius 1 is 1.29 bits per heavy atom. The summed E-state index contributed by atoms with van der Waals surface area (Å²) in [6, 6.07) is 5.75. The van der Waals surface area contributed by atoms with E-state index < -0.39 is 5.54 Å². The molecule has 0 saturated carbocycles. The number of aromatic nitrogens is 2. The second kappa shape index (κ2) is 4.51. The van der Waals surface area contributed by atoms with Gasteiger partial charge in [-0.2, -0.15) is 4.98 Å². The van der Waals surface area contributed by atoms with E-state index in [2.05, 4.69) is 42.0 Å². The summed E-state index contributed by atoms with van der Waals surface area (Å²) in [5.74, 6) is 0.936. The maximum Gasteiger partial charge on any atom is 0.259 e. The molecule has 0 aliphatic heterocycles. The molecule has 0 unspecified atom stereocenters. The van der Waals surface area contributed by atoms with Crippen LogP contribution in [0.4, 0.5) is 0 Å². The molecule has 0 fully saturated rings. The van der Waals surface area contributed by atoms with Crippen molar-refractivity contribution in [2.24, 2.45) is 5.73 Å². The Morgan fingerprint density at radius 3 is 2.59 bits per heavy atom. The molecule has 0 amide bonds. The van der Waals surface area contributed by atoms with Crippen LogP contribution >= 0.6 is 31.9 Å². The van der Waals surface area contributed by atoms with Gasteiger partial charge in [0.2, 0.25) is 0 Å². The third kappa shape index (κ3) is 2.75. The molecule has 1 aromatic heterocycles. The SMILES string of the molecule is CC(C)(N)c1noc(-c2cc(Br)ccc2Br)n1. The van der Waals surface area contributed by atoms with Gasteiger partial charge in [-0.05, 0) is 48.0 Å². The Hall–Kier alpha value is -0.720. The highest BCUT2D eigenvalue weighted by Crippen LogP contribution is 2.30. The van der Waals surface area contributed by atoms with Crippen molar-refractivity contribution in [2.75, 3.05) is 0 Å². The van der Waals surface area contributed by atoms with Crippen LogP contribution in [-0.2, 0) is 5.54 Å². The Kier molecular flexibility index (Phi) is 3.38. The minimum Gasteiger partial charge on any atom is -0.334 e. The summed E-state index contributed by atoms with van der Waals surface area (Å²) in [4.78, 5) is 4.30. The number of hydrogen-bond donors (Lipinski definition) is 1. The normalized spacial score (nSPS) is 11.8. The lowest BCUT2D eigenvalue weighted by atomic mass is 10.1. The second-order valence-corrected chi connectivity index (χ2v) is 6.04. The van der Waals surface area contributed by atoms with Gasteiger partial charge in [-0.1, -0.05) is 21.1 Å². The highest BCUT2D eigenvalue weighted by molar-refractivity contribution is 9.11. The van der Waals surface area contributed by atoms with E-state index in [1.54, 1.807) is 0 Å². The van der Waals surface area contributed by atoms with E-state index >= 15 is 0 Å². The maximum atomic E-state index is 5.91. The number of nitrogens with zero attached hydrogens (tertiary/aromatic N) is 2. The van der Waals surface area contributed by atoms with Crippen LogP contribution in [0.25, 0.3) is 11.5 Å². The molecule has 1 heterocycles. The number of halogens is 2. The fourth-order valence-electron chi connectivity index (χ4n) is 1.26. The van der Waals surface area contributed by atoms with Crippen LogP contribution in [0, 0.1) is 0 Å². The van der Waals surface area contributed by atoms with E-state index in [4.69, 9.17) is 10.3 Å². The number of hydrogen-bond acceptors (Lipinski definition) is 4. The van der Waals surface area contributed by atoms with Gasteiger partial charge in [0.05, 0.1) is 11.1 Å². The fourth-order valence-corrected chi connectivity index (χ4v) is 2.03. The van der Waals surface area contributed by atoms with Crippen molar-refractivity contribution in [1.82, 2.24) is 10.1 Å². The zero-order valence-electron chi connectivity index (χ0n) is 9.37. The van der Waals surface area contributed by atoms with Crippen molar-refractivity contribution in [3.05, 3.63) is 33.0 Å². The first-order chi connectivity index (χ1) is 7.88. The second-order valence-electron chi connectivity index (χ2n) is 4.27. The molecule has 2 N–H and O–H groups in total. The van der Waals surface area contributed by atoms with Gasteiger partial charge >= 0.3 is 0 Å². The number of nitrogens with two attached hydrogens (primary N) is 1. The van der Waals surface area contributed by atoms with Crippen LogP contribution in [0.2, 0.25) is 0 Å². The molecule has 1 aromatic carbocycles. The zero-order valence-corrected chi connectivity index (χ0v) is 12.5. The summed E-state index contributed by atoms with van der Waals surface area (Å²) in [6.45, 7) is 3.66. The molecular formula is C11H11Br2N3O. The van der Waals surface area contributed by atoms with Crippen LogP contribution in [0.1, 0.15) is 19.7 Å². The van der Waals surface area contributed by atoms with Crippen molar-refractivity contribution in [3.63, 3.8) is 0 Å². The molecule has 90 valence electrons. The molecule has 0 saturated heterocycles. The van der Waals surface area contributed by atoms with Crippen LogP contribution < -0.4 is 5.73 Å². The lowest BCUT2D eigenvalue weighted by Gasteiger charge is -2.11. The molecule has 2 rings (SSSR count). The zero-order chi connectivity index (χ0) is 12.6. The van der Waals surface area contributed by atoms with Crippen LogP contribution in [-0.4, -0.2) is 10.1 Å². The quantitative estimate of drug-likeness (QED) is 0.890. The summed E-state index contributed by atoms with van der Waals surface area (Å²) < 4.78 is 7.06. The topological polar surface area (TPSA) is 64.9 Å². The van der Waals surface area contributed by atoms with Gasteiger partial charge in [0.15, 0.2) is 5.82 Å². The van der Waals surface area contributed by atoms with Gasteiger partial charge < -0.3 is 10.3 Å². The summed E-state index contributed by atoms with van der Waals surface area (Å²) in [5.41, 5.74) is 6.13. The highest BCUT2D eigenvalue weighted by Gasteiger charge is 2.22. The first kappa shape index (κ1) is 12.7. The smallest absolute Gasteiger partial charge is 0.259 e. The fraction of sp³-hybridized carbons (Fsp3) is 0.273. The molecular weight excluding hydrogens is 350 g/mol. The predicted octanol–water partition coefficient (Wildman–Crippen LogP) is 3.46. The Labute approximate surface area is 116 Å². The maximum absolute atomic E-state index is 5.91. The number of rotatable bonds is 2. The number of benzene rings is 1. The van der Waals surface area contributed by atoms with Crippen molar-refractivity contribution >= 4 is 31.9 Å². The largest absolute Gasteiger partial charge is 0.334 e. The van der Waals surface area contributed by atoms with Gasteiger partial charge in [0.1, 0.15) is 0 Å². The van der Waals surface area contributed by atoms with Gasteiger partial charge in [-0.25, -0.2) is 0 Å². The van der Waals surface area contributed by atoms with Crippen LogP contribution in [0.15, 0.2) is 31.7 Å². The van der Waals surface area contributed by atoms with Gasteiger partial charge in [-0.3, -0.25) is 0 Å². The molecule has 4 nitrogen and oxygen atoms in total. The molecule has 2 aromatic rings. The summed E-state index contributed by atoms with van der Waals surface area (Å²) in [5, 5.41) is 3.89. The first-order valence-corrected chi connectivity index (χ1v) is 6.55. The summed E-state index contributed by atoms with van der Waals surface area (Å²) in [6.07, 6.45) is 0. The van der Waals surface area contributed by atoms with E-state index in [1.807, 2.05) is 32.0 Å². The van der Waals surface area contributed by atoms with E-state index in [0.29, 0.717) is 11.7 Å². The average Bonchev–Trinajstić information content (AvgIpc) is 2.70. The van der Waals surface area contributed by atoms with Crippen LogP contribution in [0.3, 0.4) is 0 Å². The predicted molar refractivity (Wildman–Crippen MR) is 72.3 cm³/mol. The first-order valence-electron chi connectivity index (χ1n) is 4.96. The lowest BCUT2D eigenvalue weighted by Crippen LogP contribution is -2.30. The minimum atomic E-state index is -0.611. The van der Waals surface area contributed by atoms with Crippen molar-refractivity contribution in [2.45, 2.75) is 19.4 Å². The molecule has 0 spiro atoms. The monoisotopic (exact) mass is 359 g/mol. The van der Waals surface area contributed by atoms with Crippen molar-refractivity contribution in [1.29, 1.82) is 0 Å². The molecule has 0 radical (unpaired) electrons. The Bertz CT molecular complexity index is 546. The molecule has 17 heavy (non-hydrogen) atoms. The van der Waals surface area contributed by atoms with Gasteiger partial charge in [0, 0.05) is 8.95 Å². The van der Waals surface area contributed by atoms with E-state index in [0.717, 1.165) is 14.5 Å². The third-order valence-corrected chi connectivity index (χ3v) is 3.35. The average molecular weight is 361 g/mol. The van der Waals surface area contributed by atoms with Crippen LogP contribution in [0.5, 0.6) is 0 Å². The van der Waals surface area contributed by atoms with Gasteiger partial charge in [-0.15, -0.1) is 0 Å². The molecule has 0 atom stereocenters. The Balaban J connectivity index is 2.47. The van der Waals surface area contributed by atoms with E-state index in [-0.39, 0.29) is 0 Å². The van der Waals surface area contributed by atoms with Crippen molar-refractivity contribution in [3.8, 4) is 11.5 Å². The molecule has 6 heteroatoms. The highest BCUT2D eigenvalue weighted by atomic mass is 79.9. The summed E-state index contributed by atoms with van der Waals surface area (Å²) in [7, 11) is 0. The van der Waals surface area contributed by atoms with E-state index in [1.165, 1.54) is 0 Å². The third-order valence-electron chi connectivity index (χ3n) is 2.16. The Morgan fingerprint density at radius 2 is 2.00 bits per heavy atom. The van der Waals surface area contributed by atoms with E-state index in [9.17, 15) is 0 Å². The van der Waals surface area contributed by atoms with Gasteiger partial charge in [0.25, 0.3) is 5.89 Å². The van der Waals surface area contributed by atoms with Crippen molar-refractivity contribution < 1.29 is 4.52 Å². The molecule has 0 bridgehead atoms. The minimum absolute atomic E-state index is 0.451. The molecule has 0 aliphatic rings.